The quantitative estimate of drug-likeness (QED) is 0.907. The predicted octanol–water partition coefficient (Wildman–Crippen LogP) is 2.30. The molecule has 1 heterocycles. The molecular weight excluding hydrogens is 298 g/mol. The van der Waals surface area contributed by atoms with Crippen molar-refractivity contribution < 1.29 is 8.42 Å². The van der Waals surface area contributed by atoms with Crippen LogP contribution in [0.3, 0.4) is 0 Å². The fourth-order valence-electron chi connectivity index (χ4n) is 1.65. The van der Waals surface area contributed by atoms with Gasteiger partial charge in [-0.25, -0.2) is 8.42 Å². The van der Waals surface area contributed by atoms with E-state index < -0.39 is 10.0 Å². The Morgan fingerprint density at radius 2 is 2.10 bits per heavy atom. The van der Waals surface area contributed by atoms with Gasteiger partial charge in [0, 0.05) is 17.8 Å². The Hall–Kier alpha value is -1.63. The van der Waals surface area contributed by atoms with Crippen LogP contribution in [0, 0.1) is 6.92 Å². The van der Waals surface area contributed by atoms with Gasteiger partial charge >= 0.3 is 0 Å². The van der Waals surface area contributed by atoms with Crippen molar-refractivity contribution in [3.63, 3.8) is 0 Å². The van der Waals surface area contributed by atoms with E-state index in [1.54, 1.807) is 19.2 Å². The van der Waals surface area contributed by atoms with E-state index >= 15 is 0 Å². The average Bonchev–Trinajstić information content (AvgIpc) is 2.41. The highest BCUT2D eigenvalue weighted by Crippen LogP contribution is 2.23. The number of benzene rings is 1. The lowest BCUT2D eigenvalue weighted by Gasteiger charge is -2.11. The number of aryl methyl sites for hydroxylation is 1. The van der Waals surface area contributed by atoms with Crippen molar-refractivity contribution in [3.05, 3.63) is 52.8 Å². The van der Waals surface area contributed by atoms with Crippen LogP contribution >= 0.6 is 11.6 Å². The molecule has 106 valence electrons. The van der Waals surface area contributed by atoms with Gasteiger partial charge in [0.15, 0.2) is 0 Å². The molecule has 0 spiro atoms. The number of hydrogen-bond acceptors (Lipinski definition) is 4. The van der Waals surface area contributed by atoms with Crippen molar-refractivity contribution in [2.75, 3.05) is 4.72 Å². The number of anilines is 1. The number of nitrogens with one attached hydrogen (secondary N) is 1. The minimum atomic E-state index is -3.69. The maximum Gasteiger partial charge on any atom is 0.261 e. The molecule has 0 aliphatic rings. The molecule has 2 aromatic rings. The second-order valence-corrected chi connectivity index (χ2v) is 6.34. The first-order chi connectivity index (χ1) is 9.44. The summed E-state index contributed by atoms with van der Waals surface area (Å²) >= 11 is 5.93. The van der Waals surface area contributed by atoms with Crippen molar-refractivity contribution in [2.24, 2.45) is 5.73 Å². The normalized spacial score (nSPS) is 11.3. The average molecular weight is 312 g/mol. The number of nitrogens with zero attached hydrogens (tertiary/aromatic N) is 1. The molecule has 20 heavy (non-hydrogen) atoms. The van der Waals surface area contributed by atoms with E-state index in [1.165, 1.54) is 24.4 Å². The van der Waals surface area contributed by atoms with E-state index in [0.29, 0.717) is 16.3 Å². The molecule has 0 fully saturated rings. The van der Waals surface area contributed by atoms with E-state index in [2.05, 4.69) is 9.71 Å². The summed E-state index contributed by atoms with van der Waals surface area (Å²) in [5, 5.41) is 0.448. The fourth-order valence-corrected chi connectivity index (χ4v) is 3.01. The van der Waals surface area contributed by atoms with Gasteiger partial charge in [0.05, 0.1) is 16.8 Å². The Bertz CT molecular complexity index is 732. The van der Waals surface area contributed by atoms with E-state index in [9.17, 15) is 8.42 Å². The zero-order valence-electron chi connectivity index (χ0n) is 10.8. The molecule has 0 unspecified atom stereocenters. The molecule has 0 saturated heterocycles. The molecule has 1 aromatic carbocycles. The molecule has 0 bridgehead atoms. The van der Waals surface area contributed by atoms with Crippen molar-refractivity contribution in [1.82, 2.24) is 4.98 Å². The second-order valence-electron chi connectivity index (χ2n) is 4.25. The van der Waals surface area contributed by atoms with Crippen LogP contribution in [0.2, 0.25) is 5.02 Å². The Kier molecular flexibility index (Phi) is 4.27. The zero-order chi connectivity index (χ0) is 14.8. The van der Waals surface area contributed by atoms with Crippen LogP contribution in [0.4, 0.5) is 5.69 Å². The molecule has 0 atom stereocenters. The molecule has 1 aromatic heterocycles. The predicted molar refractivity (Wildman–Crippen MR) is 79.1 cm³/mol. The van der Waals surface area contributed by atoms with Gasteiger partial charge in [-0.05, 0) is 42.3 Å². The summed E-state index contributed by atoms with van der Waals surface area (Å²) in [6, 6.07) is 6.16. The van der Waals surface area contributed by atoms with Crippen LogP contribution < -0.4 is 10.5 Å². The molecular formula is C13H14ClN3O2S. The smallest absolute Gasteiger partial charge is 0.261 e. The first-order valence-corrected chi connectivity index (χ1v) is 7.72. The molecule has 5 nitrogen and oxygen atoms in total. The van der Waals surface area contributed by atoms with Gasteiger partial charge in [-0.2, -0.15) is 0 Å². The Labute approximate surface area is 122 Å². The Balaban J connectivity index is 2.38. The minimum Gasteiger partial charge on any atom is -0.326 e. The van der Waals surface area contributed by atoms with Gasteiger partial charge in [0.1, 0.15) is 0 Å². The standard InChI is InChI=1S/C13H14ClN3O2S/c1-9-4-5-16-8-13(9)17-20(18,19)11-2-3-12(14)10(6-11)7-15/h2-6,8,17H,7,15H2,1H3. The van der Waals surface area contributed by atoms with Crippen molar-refractivity contribution in [3.8, 4) is 0 Å². The van der Waals surface area contributed by atoms with E-state index in [1.807, 2.05) is 0 Å². The SMILES string of the molecule is Cc1ccncc1NS(=O)(=O)c1ccc(Cl)c(CN)c1. The number of halogens is 1. The highest BCUT2D eigenvalue weighted by molar-refractivity contribution is 7.92. The van der Waals surface area contributed by atoms with Gasteiger partial charge < -0.3 is 5.73 Å². The number of aromatic nitrogens is 1. The summed E-state index contributed by atoms with van der Waals surface area (Å²) in [4.78, 5) is 4.02. The lowest BCUT2D eigenvalue weighted by molar-refractivity contribution is 0.601. The minimum absolute atomic E-state index is 0.116. The molecule has 0 aliphatic carbocycles. The second kappa shape index (κ2) is 5.78. The zero-order valence-corrected chi connectivity index (χ0v) is 12.4. The summed E-state index contributed by atoms with van der Waals surface area (Å²) in [5.41, 5.74) is 7.34. The number of hydrogen-bond donors (Lipinski definition) is 2. The third-order valence-corrected chi connectivity index (χ3v) is 4.56. The van der Waals surface area contributed by atoms with Crippen LogP contribution in [0.5, 0.6) is 0 Å². The van der Waals surface area contributed by atoms with Gasteiger partial charge in [-0.3, -0.25) is 9.71 Å². The van der Waals surface area contributed by atoms with Gasteiger partial charge in [0.25, 0.3) is 10.0 Å². The summed E-state index contributed by atoms with van der Waals surface area (Å²) in [5.74, 6) is 0. The van der Waals surface area contributed by atoms with Crippen LogP contribution in [-0.2, 0) is 16.6 Å². The molecule has 2 rings (SSSR count). The van der Waals surface area contributed by atoms with Crippen molar-refractivity contribution in [1.29, 1.82) is 0 Å². The summed E-state index contributed by atoms with van der Waals surface area (Å²) < 4.78 is 27.1. The Morgan fingerprint density at radius 3 is 2.75 bits per heavy atom. The van der Waals surface area contributed by atoms with Gasteiger partial charge in [0.2, 0.25) is 0 Å². The largest absolute Gasteiger partial charge is 0.326 e. The highest BCUT2D eigenvalue weighted by Gasteiger charge is 2.16. The Morgan fingerprint density at radius 1 is 1.35 bits per heavy atom. The molecule has 7 heteroatoms. The number of nitrogens with two attached hydrogens (primary N) is 1. The van der Waals surface area contributed by atoms with Crippen LogP contribution in [0.25, 0.3) is 0 Å². The molecule has 0 aliphatic heterocycles. The van der Waals surface area contributed by atoms with Gasteiger partial charge in [-0.15, -0.1) is 0 Å². The van der Waals surface area contributed by atoms with Crippen LogP contribution in [0.15, 0.2) is 41.6 Å². The van der Waals surface area contributed by atoms with Crippen LogP contribution in [-0.4, -0.2) is 13.4 Å². The number of pyridine rings is 1. The topological polar surface area (TPSA) is 85.1 Å². The molecule has 0 amide bonds. The lowest BCUT2D eigenvalue weighted by Crippen LogP contribution is -2.14. The number of sulfonamides is 1. The first-order valence-electron chi connectivity index (χ1n) is 5.86. The monoisotopic (exact) mass is 311 g/mol. The summed E-state index contributed by atoms with van der Waals surface area (Å²) in [6.07, 6.45) is 3.06. The van der Waals surface area contributed by atoms with Gasteiger partial charge in [-0.1, -0.05) is 11.6 Å². The third kappa shape index (κ3) is 3.09. The van der Waals surface area contributed by atoms with Crippen molar-refractivity contribution in [2.45, 2.75) is 18.4 Å². The highest BCUT2D eigenvalue weighted by atomic mass is 35.5. The maximum atomic E-state index is 12.3. The van der Waals surface area contributed by atoms with E-state index in [-0.39, 0.29) is 11.4 Å². The lowest BCUT2D eigenvalue weighted by atomic mass is 10.2. The van der Waals surface area contributed by atoms with E-state index in [4.69, 9.17) is 17.3 Å². The maximum absolute atomic E-state index is 12.3. The van der Waals surface area contributed by atoms with Crippen molar-refractivity contribution >= 4 is 27.3 Å². The summed E-state index contributed by atoms with van der Waals surface area (Å²) in [7, 11) is -3.69. The molecule has 0 saturated carbocycles. The molecule has 3 N–H and O–H groups in total. The van der Waals surface area contributed by atoms with E-state index in [0.717, 1.165) is 5.56 Å². The molecule has 0 radical (unpaired) electrons. The summed E-state index contributed by atoms with van der Waals surface area (Å²) in [6.45, 7) is 1.97. The third-order valence-electron chi connectivity index (χ3n) is 2.83. The number of rotatable bonds is 4. The first kappa shape index (κ1) is 14.8. The van der Waals surface area contributed by atoms with Crippen LogP contribution in [0.1, 0.15) is 11.1 Å². The fraction of sp³-hybridized carbons (Fsp3) is 0.154.